The number of ether oxygens (including phenoxy) is 1. The number of aromatic amines is 1. The quantitative estimate of drug-likeness (QED) is 0.599. The Balaban J connectivity index is 1.77. The van der Waals surface area contributed by atoms with Gasteiger partial charge in [-0.2, -0.15) is 0 Å². The lowest BCUT2D eigenvalue weighted by Gasteiger charge is -2.34. The van der Waals surface area contributed by atoms with Crippen molar-refractivity contribution in [1.29, 1.82) is 0 Å². The van der Waals surface area contributed by atoms with Gasteiger partial charge in [0.2, 0.25) is 0 Å². The van der Waals surface area contributed by atoms with E-state index in [0.29, 0.717) is 13.0 Å². The van der Waals surface area contributed by atoms with Crippen LogP contribution in [-0.4, -0.2) is 52.6 Å². The Morgan fingerprint density at radius 1 is 1.39 bits per heavy atom. The summed E-state index contributed by atoms with van der Waals surface area (Å²) in [6.45, 7) is 0.0285. The van der Waals surface area contributed by atoms with Gasteiger partial charge in [0.1, 0.15) is 17.8 Å². The third-order valence-electron chi connectivity index (χ3n) is 4.63. The maximum Gasteiger partial charge on any atom is 0.261 e. The van der Waals surface area contributed by atoms with Gasteiger partial charge in [-0.3, -0.25) is 9.59 Å². The fourth-order valence-corrected chi connectivity index (χ4v) is 3.28. The molecule has 23 heavy (non-hydrogen) atoms. The van der Waals surface area contributed by atoms with E-state index in [4.69, 9.17) is 9.84 Å². The Kier molecular flexibility index (Phi) is 4.79. The predicted octanol–water partition coefficient (Wildman–Crippen LogP) is -0.506. The molecule has 0 spiro atoms. The summed E-state index contributed by atoms with van der Waals surface area (Å²) >= 11 is 0. The number of amides is 1. The van der Waals surface area contributed by atoms with Crippen molar-refractivity contribution in [2.75, 3.05) is 13.2 Å². The number of hydrogen-bond donors (Lipinski definition) is 4. The van der Waals surface area contributed by atoms with Crippen LogP contribution in [0.4, 0.5) is 0 Å². The van der Waals surface area contributed by atoms with Crippen molar-refractivity contribution in [2.45, 2.75) is 50.4 Å². The second-order valence-electron chi connectivity index (χ2n) is 6.17. The van der Waals surface area contributed by atoms with Crippen molar-refractivity contribution in [2.24, 2.45) is 0 Å². The number of aromatic nitrogens is 1. The van der Waals surface area contributed by atoms with Crippen molar-refractivity contribution in [3.8, 4) is 0 Å². The number of nitrogens with one attached hydrogen (secondary N) is 2. The minimum Gasteiger partial charge on any atom is -0.394 e. The summed E-state index contributed by atoms with van der Waals surface area (Å²) in [5, 5.41) is 22.0. The van der Waals surface area contributed by atoms with Crippen LogP contribution in [0.5, 0.6) is 0 Å². The van der Waals surface area contributed by atoms with Gasteiger partial charge in [0.25, 0.3) is 11.5 Å². The smallest absolute Gasteiger partial charge is 0.261 e. The first-order valence-electron chi connectivity index (χ1n) is 8.06. The zero-order valence-electron chi connectivity index (χ0n) is 12.9. The van der Waals surface area contributed by atoms with E-state index < -0.39 is 29.7 Å². The number of aliphatic hydroxyl groups is 2. The summed E-state index contributed by atoms with van der Waals surface area (Å²) in [7, 11) is 0. The summed E-state index contributed by atoms with van der Waals surface area (Å²) < 4.78 is 5.24. The van der Waals surface area contributed by atoms with Gasteiger partial charge < -0.3 is 25.3 Å². The molecule has 7 heteroatoms. The Hall–Kier alpha value is -1.70. The molecule has 0 unspecified atom stereocenters. The summed E-state index contributed by atoms with van der Waals surface area (Å²) in [5.41, 5.74) is 1.61. The number of rotatable bonds is 3. The highest BCUT2D eigenvalue weighted by molar-refractivity contribution is 5.94. The number of pyridine rings is 1. The van der Waals surface area contributed by atoms with Crippen LogP contribution >= 0.6 is 0 Å². The predicted molar refractivity (Wildman–Crippen MR) is 82.4 cm³/mol. The lowest BCUT2D eigenvalue weighted by atomic mass is 9.94. The van der Waals surface area contributed by atoms with E-state index in [1.165, 1.54) is 0 Å². The molecule has 0 radical (unpaired) electrons. The lowest BCUT2D eigenvalue weighted by Crippen LogP contribution is -2.54. The Labute approximate surface area is 133 Å². The minimum atomic E-state index is -0.991. The van der Waals surface area contributed by atoms with E-state index in [1.807, 2.05) is 0 Å². The van der Waals surface area contributed by atoms with E-state index in [9.17, 15) is 14.7 Å². The van der Waals surface area contributed by atoms with Crippen LogP contribution in [0.2, 0.25) is 0 Å². The average molecular weight is 322 g/mol. The molecule has 126 valence electrons. The summed E-state index contributed by atoms with van der Waals surface area (Å²) in [6.07, 6.45) is 2.53. The topological polar surface area (TPSA) is 112 Å². The molecule has 1 amide bonds. The molecule has 2 aliphatic rings. The molecule has 1 aromatic heterocycles. The molecule has 3 atom stereocenters. The van der Waals surface area contributed by atoms with Crippen molar-refractivity contribution < 1.29 is 19.7 Å². The Bertz CT molecular complexity index is 642. The molecule has 1 aromatic rings. The van der Waals surface area contributed by atoms with Gasteiger partial charge in [-0.05, 0) is 43.7 Å². The van der Waals surface area contributed by atoms with Gasteiger partial charge >= 0.3 is 0 Å². The fraction of sp³-hybridized carbons (Fsp3) is 0.625. The molecule has 3 rings (SSSR count). The number of aliphatic hydroxyl groups excluding tert-OH is 2. The van der Waals surface area contributed by atoms with Crippen LogP contribution < -0.4 is 10.9 Å². The second kappa shape index (κ2) is 6.82. The minimum absolute atomic E-state index is 0.0740. The van der Waals surface area contributed by atoms with Gasteiger partial charge in [0, 0.05) is 12.3 Å². The zero-order valence-corrected chi connectivity index (χ0v) is 12.9. The van der Waals surface area contributed by atoms with Gasteiger partial charge in [0.15, 0.2) is 0 Å². The molecular formula is C16H22N2O5. The fourth-order valence-electron chi connectivity index (χ4n) is 3.28. The highest BCUT2D eigenvalue weighted by Crippen LogP contribution is 2.19. The van der Waals surface area contributed by atoms with Crippen LogP contribution in [-0.2, 0) is 17.6 Å². The van der Waals surface area contributed by atoms with Crippen LogP contribution in [0.3, 0.4) is 0 Å². The number of carbonyl (C=O) groups excluding carboxylic acids is 1. The molecule has 2 heterocycles. The van der Waals surface area contributed by atoms with E-state index in [0.717, 1.165) is 36.9 Å². The van der Waals surface area contributed by atoms with Crippen LogP contribution in [0, 0.1) is 0 Å². The summed E-state index contributed by atoms with van der Waals surface area (Å²) in [5.74, 6) is -0.498. The molecular weight excluding hydrogens is 300 g/mol. The van der Waals surface area contributed by atoms with E-state index >= 15 is 0 Å². The van der Waals surface area contributed by atoms with Gasteiger partial charge in [0.05, 0.1) is 12.6 Å². The van der Waals surface area contributed by atoms with Gasteiger partial charge in [-0.1, -0.05) is 0 Å². The highest BCUT2D eigenvalue weighted by atomic mass is 16.5. The number of H-pyrrole nitrogens is 1. The molecule has 1 fully saturated rings. The number of fused-ring (bicyclic) bond motifs is 1. The maximum absolute atomic E-state index is 12.4. The Morgan fingerprint density at radius 3 is 2.96 bits per heavy atom. The molecule has 1 aliphatic heterocycles. The summed E-state index contributed by atoms with van der Waals surface area (Å²) in [4.78, 5) is 27.3. The molecule has 0 saturated carbocycles. The number of aryl methyl sites for hydroxylation is 2. The average Bonchev–Trinajstić information content (AvgIpc) is 2.56. The van der Waals surface area contributed by atoms with Gasteiger partial charge in [-0.25, -0.2) is 0 Å². The molecule has 4 N–H and O–H groups in total. The van der Waals surface area contributed by atoms with Gasteiger partial charge in [-0.15, -0.1) is 0 Å². The van der Waals surface area contributed by atoms with Crippen molar-refractivity contribution in [1.82, 2.24) is 10.3 Å². The Morgan fingerprint density at radius 2 is 2.17 bits per heavy atom. The zero-order chi connectivity index (χ0) is 16.4. The first kappa shape index (κ1) is 16.2. The van der Waals surface area contributed by atoms with Crippen LogP contribution in [0.25, 0.3) is 0 Å². The van der Waals surface area contributed by atoms with Crippen LogP contribution in [0.15, 0.2) is 10.9 Å². The van der Waals surface area contributed by atoms with Crippen molar-refractivity contribution in [3.63, 3.8) is 0 Å². The maximum atomic E-state index is 12.4. The SMILES string of the molecule is O=C(N[C@H]1CCO[C@H](CO)[C@H]1O)c1cc2c([nH]c1=O)CCCC2. The first-order valence-corrected chi connectivity index (χ1v) is 8.06. The standard InChI is InChI=1S/C16H22N2O5/c19-8-13-14(20)12(5-6-23-13)18-16(22)10-7-9-3-1-2-4-11(9)17-15(10)21/h7,12-14,19-20H,1-6,8H2,(H,17,21)(H,18,22)/t12-,13+,14-/m0/s1. The monoisotopic (exact) mass is 322 g/mol. The van der Waals surface area contributed by atoms with E-state index in [-0.39, 0.29) is 12.2 Å². The normalized spacial score (nSPS) is 27.3. The summed E-state index contributed by atoms with van der Waals surface area (Å²) in [6, 6.07) is 1.13. The second-order valence-corrected chi connectivity index (χ2v) is 6.17. The molecule has 1 aliphatic carbocycles. The van der Waals surface area contributed by atoms with Crippen molar-refractivity contribution in [3.05, 3.63) is 33.2 Å². The first-order chi connectivity index (χ1) is 11.1. The number of carbonyl (C=O) groups is 1. The molecule has 7 nitrogen and oxygen atoms in total. The third kappa shape index (κ3) is 3.31. The highest BCUT2D eigenvalue weighted by Gasteiger charge is 2.33. The number of hydrogen-bond acceptors (Lipinski definition) is 5. The van der Waals surface area contributed by atoms with E-state index in [1.54, 1.807) is 6.07 Å². The largest absolute Gasteiger partial charge is 0.394 e. The van der Waals surface area contributed by atoms with E-state index in [2.05, 4.69) is 10.3 Å². The van der Waals surface area contributed by atoms with Crippen LogP contribution in [0.1, 0.15) is 40.9 Å². The molecule has 1 saturated heterocycles. The molecule has 0 bridgehead atoms. The third-order valence-corrected chi connectivity index (χ3v) is 4.63. The lowest BCUT2D eigenvalue weighted by molar-refractivity contribution is -0.107. The van der Waals surface area contributed by atoms with Crippen molar-refractivity contribution >= 4 is 5.91 Å². The molecule has 0 aromatic carbocycles.